The van der Waals surface area contributed by atoms with Crippen LogP contribution < -0.4 is 10.1 Å². The van der Waals surface area contributed by atoms with Gasteiger partial charge in [-0.15, -0.1) is 0 Å². The fourth-order valence-electron chi connectivity index (χ4n) is 2.76. The molecule has 0 aromatic heterocycles. The Kier molecular flexibility index (Phi) is 4.88. The third-order valence-corrected chi connectivity index (χ3v) is 4.74. The minimum Gasteiger partial charge on any atom is -0.490 e. The van der Waals surface area contributed by atoms with Crippen LogP contribution in [0.3, 0.4) is 0 Å². The van der Waals surface area contributed by atoms with Gasteiger partial charge in [-0.1, -0.05) is 53.5 Å². The summed E-state index contributed by atoms with van der Waals surface area (Å²) in [6.45, 7) is 1.89. The number of hydrogen-bond donors (Lipinski definition) is 1. The Morgan fingerprint density at radius 1 is 1.04 bits per heavy atom. The molecule has 7 heteroatoms. The summed E-state index contributed by atoms with van der Waals surface area (Å²) in [5, 5.41) is 3.62. The number of ether oxygens (including phenoxy) is 1. The lowest BCUT2D eigenvalue weighted by atomic mass is 9.92. The van der Waals surface area contributed by atoms with E-state index in [2.05, 4.69) is 5.32 Å². The third-order valence-electron chi connectivity index (χ3n) is 4.10. The van der Waals surface area contributed by atoms with Gasteiger partial charge in [0.1, 0.15) is 17.9 Å². The SMILES string of the molecule is CC1(c2ccccc2Cl)NC(=O)N(CCOc2ccccc2Cl)C1=O. The highest BCUT2D eigenvalue weighted by Crippen LogP contribution is 2.33. The Balaban J connectivity index is 1.72. The van der Waals surface area contributed by atoms with E-state index in [1.54, 1.807) is 55.5 Å². The molecular formula is C18H16Cl2N2O3. The Morgan fingerprint density at radius 3 is 2.36 bits per heavy atom. The zero-order chi connectivity index (χ0) is 18.0. The smallest absolute Gasteiger partial charge is 0.325 e. The van der Waals surface area contributed by atoms with Crippen molar-refractivity contribution in [3.8, 4) is 5.75 Å². The van der Waals surface area contributed by atoms with Crippen molar-refractivity contribution in [1.29, 1.82) is 0 Å². The normalized spacial score (nSPS) is 19.9. The summed E-state index contributed by atoms with van der Waals surface area (Å²) in [6.07, 6.45) is 0. The number of carbonyl (C=O) groups excluding carboxylic acids is 2. The second kappa shape index (κ2) is 6.94. The molecule has 1 N–H and O–H groups in total. The Morgan fingerprint density at radius 2 is 1.68 bits per heavy atom. The molecule has 0 aliphatic carbocycles. The standard InChI is InChI=1S/C18H16Cl2N2O3/c1-18(12-6-2-3-7-13(12)19)16(23)22(17(24)21-18)10-11-25-15-9-5-4-8-14(15)20/h2-9H,10-11H2,1H3,(H,21,24). The van der Waals surface area contributed by atoms with Crippen LogP contribution in [0.15, 0.2) is 48.5 Å². The summed E-state index contributed by atoms with van der Waals surface area (Å²) in [6, 6.07) is 13.5. The number of hydrogen-bond acceptors (Lipinski definition) is 3. The number of halogens is 2. The Hall–Kier alpha value is -2.24. The van der Waals surface area contributed by atoms with Crippen LogP contribution in [0.5, 0.6) is 5.75 Å². The monoisotopic (exact) mass is 378 g/mol. The van der Waals surface area contributed by atoms with Crippen molar-refractivity contribution in [1.82, 2.24) is 10.2 Å². The quantitative estimate of drug-likeness (QED) is 0.804. The average molecular weight is 379 g/mol. The molecule has 0 bridgehead atoms. The third kappa shape index (κ3) is 3.30. The van der Waals surface area contributed by atoms with Crippen LogP contribution in [0.4, 0.5) is 4.79 Å². The van der Waals surface area contributed by atoms with Crippen molar-refractivity contribution in [2.24, 2.45) is 0 Å². The van der Waals surface area contributed by atoms with Crippen LogP contribution in [-0.4, -0.2) is 30.0 Å². The summed E-state index contributed by atoms with van der Waals surface area (Å²) < 4.78 is 5.56. The first-order chi connectivity index (χ1) is 11.9. The van der Waals surface area contributed by atoms with E-state index in [9.17, 15) is 9.59 Å². The molecule has 0 saturated carbocycles. The first-order valence-corrected chi connectivity index (χ1v) is 8.45. The minimum atomic E-state index is -1.19. The zero-order valence-corrected chi connectivity index (χ0v) is 15.0. The van der Waals surface area contributed by atoms with Gasteiger partial charge in [-0.3, -0.25) is 9.69 Å². The molecular weight excluding hydrogens is 363 g/mol. The maximum absolute atomic E-state index is 12.8. The lowest BCUT2D eigenvalue weighted by molar-refractivity contribution is -0.131. The molecule has 1 aliphatic rings. The summed E-state index contributed by atoms with van der Waals surface area (Å²) >= 11 is 12.2. The Bertz CT molecular complexity index is 827. The molecule has 1 aliphatic heterocycles. The van der Waals surface area contributed by atoms with Crippen molar-refractivity contribution in [2.75, 3.05) is 13.2 Å². The molecule has 2 aromatic rings. The van der Waals surface area contributed by atoms with Crippen LogP contribution in [0.1, 0.15) is 12.5 Å². The van der Waals surface area contributed by atoms with Crippen molar-refractivity contribution in [3.63, 3.8) is 0 Å². The summed E-state index contributed by atoms with van der Waals surface area (Å²) in [5.41, 5.74) is -0.635. The summed E-state index contributed by atoms with van der Waals surface area (Å²) in [4.78, 5) is 26.2. The van der Waals surface area contributed by atoms with Crippen molar-refractivity contribution >= 4 is 35.1 Å². The van der Waals surface area contributed by atoms with E-state index in [4.69, 9.17) is 27.9 Å². The van der Waals surface area contributed by atoms with Crippen LogP contribution in [0.2, 0.25) is 10.0 Å². The van der Waals surface area contributed by atoms with E-state index in [0.29, 0.717) is 21.4 Å². The van der Waals surface area contributed by atoms with E-state index >= 15 is 0 Å². The molecule has 1 atom stereocenters. The summed E-state index contributed by atoms with van der Waals surface area (Å²) in [5.74, 6) is 0.137. The first kappa shape index (κ1) is 17.6. The van der Waals surface area contributed by atoms with E-state index in [-0.39, 0.29) is 19.1 Å². The molecule has 1 fully saturated rings. The van der Waals surface area contributed by atoms with E-state index in [1.807, 2.05) is 0 Å². The van der Waals surface area contributed by atoms with Crippen LogP contribution in [0.25, 0.3) is 0 Å². The van der Waals surface area contributed by atoms with Gasteiger partial charge in [-0.25, -0.2) is 4.79 Å². The highest BCUT2D eigenvalue weighted by Gasteiger charge is 2.49. The molecule has 2 aromatic carbocycles. The van der Waals surface area contributed by atoms with Gasteiger partial charge in [-0.05, 0) is 25.1 Å². The lowest BCUT2D eigenvalue weighted by Gasteiger charge is -2.23. The number of para-hydroxylation sites is 1. The van der Waals surface area contributed by atoms with Gasteiger partial charge >= 0.3 is 6.03 Å². The number of carbonyl (C=O) groups is 2. The predicted octanol–water partition coefficient (Wildman–Crippen LogP) is 3.84. The highest BCUT2D eigenvalue weighted by atomic mass is 35.5. The zero-order valence-electron chi connectivity index (χ0n) is 13.5. The van der Waals surface area contributed by atoms with E-state index in [0.717, 1.165) is 4.90 Å². The van der Waals surface area contributed by atoms with Gasteiger partial charge in [-0.2, -0.15) is 0 Å². The second-order valence-corrected chi connectivity index (χ2v) is 6.59. The lowest BCUT2D eigenvalue weighted by Crippen LogP contribution is -2.41. The molecule has 5 nitrogen and oxygen atoms in total. The molecule has 130 valence electrons. The molecule has 3 rings (SSSR count). The Labute approximate surface area is 155 Å². The number of rotatable bonds is 5. The van der Waals surface area contributed by atoms with Crippen LogP contribution >= 0.6 is 23.2 Å². The molecule has 0 spiro atoms. The fraction of sp³-hybridized carbons (Fsp3) is 0.222. The average Bonchev–Trinajstić information content (AvgIpc) is 2.80. The van der Waals surface area contributed by atoms with Crippen LogP contribution in [0, 0.1) is 0 Å². The van der Waals surface area contributed by atoms with Crippen molar-refractivity contribution in [3.05, 3.63) is 64.1 Å². The van der Waals surface area contributed by atoms with Crippen LogP contribution in [-0.2, 0) is 10.3 Å². The van der Waals surface area contributed by atoms with Gasteiger partial charge in [0.15, 0.2) is 0 Å². The number of nitrogens with zero attached hydrogens (tertiary/aromatic N) is 1. The second-order valence-electron chi connectivity index (χ2n) is 5.77. The molecule has 25 heavy (non-hydrogen) atoms. The number of amides is 3. The summed E-state index contributed by atoms with van der Waals surface area (Å²) in [7, 11) is 0. The molecule has 1 heterocycles. The number of benzene rings is 2. The predicted molar refractivity (Wildman–Crippen MR) is 96.0 cm³/mol. The number of imide groups is 1. The van der Waals surface area contributed by atoms with Gasteiger partial charge in [0.2, 0.25) is 0 Å². The number of urea groups is 1. The van der Waals surface area contributed by atoms with E-state index < -0.39 is 11.6 Å². The van der Waals surface area contributed by atoms with Crippen molar-refractivity contribution in [2.45, 2.75) is 12.5 Å². The van der Waals surface area contributed by atoms with Gasteiger partial charge in [0.05, 0.1) is 11.6 Å². The van der Waals surface area contributed by atoms with Gasteiger partial charge in [0.25, 0.3) is 5.91 Å². The largest absolute Gasteiger partial charge is 0.490 e. The minimum absolute atomic E-state index is 0.107. The maximum atomic E-state index is 12.8. The van der Waals surface area contributed by atoms with Crippen molar-refractivity contribution < 1.29 is 14.3 Å². The first-order valence-electron chi connectivity index (χ1n) is 7.70. The molecule has 0 radical (unpaired) electrons. The topological polar surface area (TPSA) is 58.6 Å². The van der Waals surface area contributed by atoms with E-state index in [1.165, 1.54) is 0 Å². The highest BCUT2D eigenvalue weighted by molar-refractivity contribution is 6.32. The van der Waals surface area contributed by atoms with Gasteiger partial charge in [0, 0.05) is 10.6 Å². The number of nitrogens with one attached hydrogen (secondary N) is 1. The molecule has 3 amide bonds. The fourth-order valence-corrected chi connectivity index (χ4v) is 3.27. The molecule has 1 saturated heterocycles. The molecule has 1 unspecified atom stereocenters. The maximum Gasteiger partial charge on any atom is 0.325 e. The van der Waals surface area contributed by atoms with Gasteiger partial charge < -0.3 is 10.1 Å².